The number of carbonyl (C=O) groups is 1. The van der Waals surface area contributed by atoms with Crippen molar-refractivity contribution in [1.82, 2.24) is 25.0 Å². The Bertz CT molecular complexity index is 985. The highest BCUT2D eigenvalue weighted by molar-refractivity contribution is 7.99. The van der Waals surface area contributed by atoms with Gasteiger partial charge in [0.25, 0.3) is 0 Å². The number of aryl methyl sites for hydroxylation is 1. The van der Waals surface area contributed by atoms with Crippen molar-refractivity contribution >= 4 is 23.6 Å². The first-order chi connectivity index (χ1) is 15.6. The van der Waals surface area contributed by atoms with Crippen LogP contribution < -0.4 is 11.1 Å². The maximum absolute atomic E-state index is 12.3. The zero-order valence-corrected chi connectivity index (χ0v) is 19.8. The van der Waals surface area contributed by atoms with E-state index >= 15 is 0 Å². The highest BCUT2D eigenvalue weighted by Gasteiger charge is 2.46. The van der Waals surface area contributed by atoms with Crippen LogP contribution in [0.15, 0.2) is 23.2 Å². The van der Waals surface area contributed by atoms with Crippen LogP contribution in [0.2, 0.25) is 0 Å². The van der Waals surface area contributed by atoms with E-state index in [9.17, 15) is 4.79 Å². The minimum absolute atomic E-state index is 0.0239. The van der Waals surface area contributed by atoms with E-state index in [1.807, 2.05) is 29.8 Å². The van der Waals surface area contributed by atoms with Gasteiger partial charge in [0.15, 0.2) is 0 Å². The molecule has 1 saturated heterocycles. The molecular weight excluding hydrogens is 420 g/mol. The van der Waals surface area contributed by atoms with Crippen LogP contribution in [0.4, 0.5) is 10.6 Å². The molecule has 2 aliphatic heterocycles. The predicted molar refractivity (Wildman–Crippen MR) is 129 cm³/mol. The minimum Gasteiger partial charge on any atom is -0.383 e. The number of hydrogen-bond donors (Lipinski definition) is 2. The zero-order valence-electron chi connectivity index (χ0n) is 19.0. The first-order valence-electron chi connectivity index (χ1n) is 12.1. The van der Waals surface area contributed by atoms with Gasteiger partial charge in [-0.3, -0.25) is 4.68 Å². The first kappa shape index (κ1) is 21.6. The summed E-state index contributed by atoms with van der Waals surface area (Å²) in [5.41, 5.74) is 9.49. The third-order valence-corrected chi connectivity index (χ3v) is 8.75. The number of thioether (sulfide) groups is 1. The Labute approximate surface area is 194 Å². The van der Waals surface area contributed by atoms with Gasteiger partial charge in [0, 0.05) is 54.8 Å². The molecule has 1 unspecified atom stereocenters. The van der Waals surface area contributed by atoms with Crippen LogP contribution in [0.1, 0.15) is 57.6 Å². The second-order valence-electron chi connectivity index (χ2n) is 9.60. The number of amides is 2. The molecule has 2 aromatic rings. The van der Waals surface area contributed by atoms with Gasteiger partial charge in [0.2, 0.25) is 0 Å². The summed E-state index contributed by atoms with van der Waals surface area (Å²) in [6.07, 6.45) is 10.7. The van der Waals surface area contributed by atoms with Gasteiger partial charge in [-0.15, -0.1) is 11.8 Å². The number of nitrogens with two attached hydrogens (primary N) is 1. The Hall–Kier alpha value is -2.22. The van der Waals surface area contributed by atoms with E-state index in [0.29, 0.717) is 12.4 Å². The molecule has 32 heavy (non-hydrogen) atoms. The minimum atomic E-state index is 0.0239. The number of fused-ring (bicyclic) bond motifs is 2. The largest absolute Gasteiger partial charge is 0.383 e. The molecule has 0 bridgehead atoms. The van der Waals surface area contributed by atoms with E-state index in [0.717, 1.165) is 60.3 Å². The molecular formula is C24H34N6OS. The van der Waals surface area contributed by atoms with Gasteiger partial charge in [-0.2, -0.15) is 5.10 Å². The summed E-state index contributed by atoms with van der Waals surface area (Å²) in [6, 6.07) is 4.43. The number of nitrogens with one attached hydrogen (secondary N) is 1. The summed E-state index contributed by atoms with van der Waals surface area (Å²) in [5.74, 6) is 2.53. The van der Waals surface area contributed by atoms with Crippen molar-refractivity contribution in [3.05, 3.63) is 24.0 Å². The predicted octanol–water partition coefficient (Wildman–Crippen LogP) is 4.28. The molecule has 8 heteroatoms. The molecule has 0 aromatic carbocycles. The van der Waals surface area contributed by atoms with E-state index in [2.05, 4.69) is 27.1 Å². The van der Waals surface area contributed by atoms with Gasteiger partial charge in [-0.1, -0.05) is 19.3 Å². The van der Waals surface area contributed by atoms with Gasteiger partial charge in [0.05, 0.1) is 10.6 Å². The fraction of sp³-hybridized carbons (Fsp3) is 0.625. The Morgan fingerprint density at radius 3 is 2.88 bits per heavy atom. The number of likely N-dealkylation sites (tertiary alicyclic amines) is 1. The lowest BCUT2D eigenvalue weighted by Gasteiger charge is -2.23. The summed E-state index contributed by atoms with van der Waals surface area (Å²) in [4.78, 5) is 19.9. The summed E-state index contributed by atoms with van der Waals surface area (Å²) < 4.78 is 2.14. The van der Waals surface area contributed by atoms with Gasteiger partial charge >= 0.3 is 6.03 Å². The second kappa shape index (κ2) is 8.96. The van der Waals surface area contributed by atoms with Gasteiger partial charge in [0.1, 0.15) is 5.82 Å². The van der Waals surface area contributed by atoms with Crippen molar-refractivity contribution in [3.8, 4) is 11.3 Å². The van der Waals surface area contributed by atoms with Crippen LogP contribution in [0.25, 0.3) is 11.3 Å². The molecule has 1 saturated carbocycles. The lowest BCUT2D eigenvalue weighted by atomic mass is 9.82. The number of nitrogen functional groups attached to an aromatic ring is 1. The molecule has 2 amide bonds. The standard InChI is InChI=1S/C24H34N6OS/c1-2-26-23(31)29-10-8-24(16-29)9-11-30-21(24)13-19(28-30)18-12-20(22(25)27-14-18)32-15-17-6-4-3-5-7-17/h12-14,17H,2-11,15-16H2,1H3,(H2,25,27)(H,26,31). The van der Waals surface area contributed by atoms with Crippen LogP contribution in [-0.2, 0) is 12.0 Å². The normalized spacial score (nSPS) is 23.1. The fourth-order valence-electron chi connectivity index (χ4n) is 5.60. The number of hydrogen-bond acceptors (Lipinski definition) is 5. The van der Waals surface area contributed by atoms with Crippen molar-refractivity contribution < 1.29 is 4.79 Å². The van der Waals surface area contributed by atoms with Crippen LogP contribution in [0.3, 0.4) is 0 Å². The molecule has 1 aliphatic carbocycles. The van der Waals surface area contributed by atoms with E-state index in [1.54, 1.807) is 0 Å². The summed E-state index contributed by atoms with van der Waals surface area (Å²) in [7, 11) is 0. The van der Waals surface area contributed by atoms with E-state index < -0.39 is 0 Å². The molecule has 0 radical (unpaired) electrons. The lowest BCUT2D eigenvalue weighted by molar-refractivity contribution is 0.206. The first-order valence-corrected chi connectivity index (χ1v) is 13.1. The summed E-state index contributed by atoms with van der Waals surface area (Å²) >= 11 is 1.85. The SMILES string of the molecule is CCNC(=O)N1CCC2(CCn3nc(-c4cnc(N)c(SCC5CCCCC5)c4)cc32)C1. The van der Waals surface area contributed by atoms with Crippen molar-refractivity contribution in [2.75, 3.05) is 31.1 Å². The zero-order chi connectivity index (χ0) is 22.1. The van der Waals surface area contributed by atoms with E-state index in [4.69, 9.17) is 10.8 Å². The van der Waals surface area contributed by atoms with Gasteiger partial charge in [-0.05, 0) is 50.7 Å². The molecule has 4 heterocycles. The molecule has 1 spiro atoms. The van der Waals surface area contributed by atoms with Crippen LogP contribution >= 0.6 is 11.8 Å². The van der Waals surface area contributed by atoms with Crippen LogP contribution in [0.5, 0.6) is 0 Å². The number of nitrogens with zero attached hydrogens (tertiary/aromatic N) is 4. The molecule has 172 valence electrons. The molecule has 5 rings (SSSR count). The van der Waals surface area contributed by atoms with E-state index in [1.165, 1.54) is 37.8 Å². The molecule has 7 nitrogen and oxygen atoms in total. The average molecular weight is 455 g/mol. The third kappa shape index (κ3) is 4.09. The third-order valence-electron chi connectivity index (χ3n) is 7.47. The van der Waals surface area contributed by atoms with Gasteiger partial charge < -0.3 is 16.0 Å². The van der Waals surface area contributed by atoms with Crippen molar-refractivity contribution in [1.29, 1.82) is 0 Å². The quantitative estimate of drug-likeness (QED) is 0.659. The Morgan fingerprint density at radius 2 is 2.06 bits per heavy atom. The summed E-state index contributed by atoms with van der Waals surface area (Å²) in [6.45, 7) is 5.10. The van der Waals surface area contributed by atoms with E-state index in [-0.39, 0.29) is 11.4 Å². The molecule has 3 N–H and O–H groups in total. The molecule has 3 aliphatic rings. The maximum atomic E-state index is 12.3. The second-order valence-corrected chi connectivity index (χ2v) is 10.7. The number of carbonyl (C=O) groups excluding carboxylic acids is 1. The molecule has 1 atom stereocenters. The van der Waals surface area contributed by atoms with Crippen molar-refractivity contribution in [2.24, 2.45) is 5.92 Å². The van der Waals surface area contributed by atoms with Gasteiger partial charge in [-0.25, -0.2) is 9.78 Å². The number of anilines is 1. The number of rotatable bonds is 5. The highest BCUT2D eigenvalue weighted by atomic mass is 32.2. The average Bonchev–Trinajstić information content (AvgIpc) is 3.51. The Balaban J connectivity index is 1.33. The topological polar surface area (TPSA) is 89.1 Å². The Morgan fingerprint density at radius 1 is 1.25 bits per heavy atom. The maximum Gasteiger partial charge on any atom is 0.317 e. The number of aromatic nitrogens is 3. The molecule has 2 aromatic heterocycles. The highest BCUT2D eigenvalue weighted by Crippen LogP contribution is 2.44. The van der Waals surface area contributed by atoms with Crippen molar-refractivity contribution in [3.63, 3.8) is 0 Å². The summed E-state index contributed by atoms with van der Waals surface area (Å²) in [5, 5.41) is 7.85. The number of pyridine rings is 1. The lowest BCUT2D eigenvalue weighted by Crippen LogP contribution is -2.40. The smallest absolute Gasteiger partial charge is 0.317 e. The molecule has 2 fully saturated rings. The fourth-order valence-corrected chi connectivity index (χ4v) is 6.76. The Kier molecular flexibility index (Phi) is 6.05. The number of urea groups is 1. The monoisotopic (exact) mass is 454 g/mol. The van der Waals surface area contributed by atoms with Crippen LogP contribution in [-0.4, -0.2) is 51.1 Å². The van der Waals surface area contributed by atoms with Crippen molar-refractivity contribution in [2.45, 2.75) is 68.7 Å². The van der Waals surface area contributed by atoms with Crippen LogP contribution in [0, 0.1) is 5.92 Å².